The molecule has 0 fully saturated rings. The minimum Gasteiger partial charge on any atom is -0.508 e. The molecule has 0 saturated carbocycles. The fourth-order valence-electron chi connectivity index (χ4n) is 2.97. The Morgan fingerprint density at radius 2 is 2.04 bits per heavy atom. The molecule has 0 radical (unpaired) electrons. The molecule has 3 aromatic rings. The van der Waals surface area contributed by atoms with Crippen molar-refractivity contribution in [2.75, 3.05) is 11.4 Å². The van der Waals surface area contributed by atoms with Gasteiger partial charge in [0.15, 0.2) is 0 Å². The Morgan fingerprint density at radius 1 is 1.22 bits per heavy atom. The molecular formula is C19H27N7O. The Bertz CT molecular complexity index is 865. The zero-order valence-electron chi connectivity index (χ0n) is 16.4. The Hall–Kier alpha value is -2.90. The van der Waals surface area contributed by atoms with E-state index >= 15 is 0 Å². The summed E-state index contributed by atoms with van der Waals surface area (Å²) in [5, 5.41) is 22.6. The first-order chi connectivity index (χ1) is 12.8. The molecule has 0 saturated heterocycles. The van der Waals surface area contributed by atoms with Gasteiger partial charge in [0.25, 0.3) is 0 Å². The van der Waals surface area contributed by atoms with Crippen molar-refractivity contribution >= 4 is 5.95 Å². The molecule has 0 atom stereocenters. The van der Waals surface area contributed by atoms with Gasteiger partial charge < -0.3 is 14.6 Å². The maximum absolute atomic E-state index is 10.3. The van der Waals surface area contributed by atoms with E-state index in [1.807, 2.05) is 36.3 Å². The minimum atomic E-state index is -0.240. The van der Waals surface area contributed by atoms with E-state index in [2.05, 4.69) is 50.7 Å². The highest BCUT2D eigenvalue weighted by Gasteiger charge is 2.24. The number of tetrazole rings is 1. The SMILES string of the molecule is Cc1ccc(O)c(CN(CCCn2ccnc2)c2nnnn2C(C)(C)C)c1. The molecule has 0 spiro atoms. The van der Waals surface area contributed by atoms with Gasteiger partial charge in [-0.2, -0.15) is 0 Å². The van der Waals surface area contributed by atoms with Crippen LogP contribution in [-0.2, 0) is 18.6 Å². The van der Waals surface area contributed by atoms with Gasteiger partial charge in [-0.05, 0) is 50.6 Å². The molecule has 1 N–H and O–H groups in total. The van der Waals surface area contributed by atoms with Gasteiger partial charge in [-0.15, -0.1) is 0 Å². The van der Waals surface area contributed by atoms with Crippen LogP contribution in [0, 0.1) is 6.92 Å². The standard InChI is InChI=1S/C19H27N7O/c1-15-6-7-17(27)16(12-15)13-25(10-5-9-24-11-8-20-14-24)18-21-22-23-26(18)19(2,3)4/h6-8,11-12,14,27H,5,9-10,13H2,1-4H3. The molecule has 3 rings (SSSR count). The van der Waals surface area contributed by atoms with Gasteiger partial charge in [0.2, 0.25) is 5.95 Å². The number of rotatable bonds is 7. The van der Waals surface area contributed by atoms with Crippen molar-refractivity contribution in [1.29, 1.82) is 0 Å². The highest BCUT2D eigenvalue weighted by molar-refractivity contribution is 5.40. The predicted molar refractivity (Wildman–Crippen MR) is 104 cm³/mol. The van der Waals surface area contributed by atoms with E-state index in [0.29, 0.717) is 12.5 Å². The smallest absolute Gasteiger partial charge is 0.246 e. The van der Waals surface area contributed by atoms with Crippen LogP contribution < -0.4 is 4.90 Å². The summed E-state index contributed by atoms with van der Waals surface area (Å²) in [4.78, 5) is 6.21. The number of phenols is 1. The first kappa shape index (κ1) is 18.9. The van der Waals surface area contributed by atoms with E-state index in [0.717, 1.165) is 30.6 Å². The lowest BCUT2D eigenvalue weighted by Gasteiger charge is -2.28. The van der Waals surface area contributed by atoms with Gasteiger partial charge in [0.05, 0.1) is 11.9 Å². The lowest BCUT2D eigenvalue weighted by molar-refractivity contribution is 0.346. The van der Waals surface area contributed by atoms with Gasteiger partial charge in [-0.25, -0.2) is 9.67 Å². The van der Waals surface area contributed by atoms with E-state index < -0.39 is 0 Å². The zero-order chi connectivity index (χ0) is 19.4. The molecule has 8 heteroatoms. The summed E-state index contributed by atoms with van der Waals surface area (Å²) < 4.78 is 3.88. The average molecular weight is 369 g/mol. The van der Waals surface area contributed by atoms with Crippen molar-refractivity contribution in [1.82, 2.24) is 29.8 Å². The van der Waals surface area contributed by atoms with Crippen LogP contribution in [-0.4, -0.2) is 41.4 Å². The zero-order valence-corrected chi connectivity index (χ0v) is 16.4. The summed E-state index contributed by atoms with van der Waals surface area (Å²) in [6, 6.07) is 5.64. The number of hydrogen-bond donors (Lipinski definition) is 1. The fraction of sp³-hybridized carbons (Fsp3) is 0.474. The molecule has 0 unspecified atom stereocenters. The van der Waals surface area contributed by atoms with Crippen LogP contribution in [0.15, 0.2) is 36.9 Å². The van der Waals surface area contributed by atoms with Crippen LogP contribution in [0.25, 0.3) is 0 Å². The molecule has 1 aromatic carbocycles. The van der Waals surface area contributed by atoms with Crippen LogP contribution in [0.2, 0.25) is 0 Å². The Morgan fingerprint density at radius 3 is 2.74 bits per heavy atom. The molecule has 0 aliphatic carbocycles. The number of nitrogens with zero attached hydrogens (tertiary/aromatic N) is 7. The number of anilines is 1. The summed E-state index contributed by atoms with van der Waals surface area (Å²) in [5.41, 5.74) is 1.73. The minimum absolute atomic E-state index is 0.240. The monoisotopic (exact) mass is 369 g/mol. The number of aromatic nitrogens is 6. The fourth-order valence-corrected chi connectivity index (χ4v) is 2.97. The summed E-state index contributed by atoms with van der Waals surface area (Å²) in [6.07, 6.45) is 6.45. The highest BCUT2D eigenvalue weighted by Crippen LogP contribution is 2.25. The first-order valence-corrected chi connectivity index (χ1v) is 9.12. The van der Waals surface area contributed by atoms with Crippen LogP contribution in [0.4, 0.5) is 5.95 Å². The molecule has 0 aliphatic rings. The second-order valence-electron chi connectivity index (χ2n) is 7.77. The Kier molecular flexibility index (Phi) is 5.43. The summed E-state index contributed by atoms with van der Waals surface area (Å²) in [5.74, 6) is 0.990. The van der Waals surface area contributed by atoms with Crippen molar-refractivity contribution < 1.29 is 5.11 Å². The van der Waals surface area contributed by atoms with Crippen molar-refractivity contribution in [3.8, 4) is 5.75 Å². The Labute approximate surface area is 159 Å². The van der Waals surface area contributed by atoms with Gasteiger partial charge >= 0.3 is 0 Å². The first-order valence-electron chi connectivity index (χ1n) is 9.12. The number of imidazole rings is 1. The van der Waals surface area contributed by atoms with E-state index in [-0.39, 0.29) is 11.3 Å². The third-order valence-electron chi connectivity index (χ3n) is 4.37. The molecule has 27 heavy (non-hydrogen) atoms. The third-order valence-corrected chi connectivity index (χ3v) is 4.37. The van der Waals surface area contributed by atoms with Crippen molar-refractivity contribution in [2.24, 2.45) is 0 Å². The van der Waals surface area contributed by atoms with Crippen LogP contribution in [0.5, 0.6) is 5.75 Å². The summed E-state index contributed by atoms with van der Waals surface area (Å²) >= 11 is 0. The van der Waals surface area contributed by atoms with Crippen molar-refractivity contribution in [3.05, 3.63) is 48.0 Å². The molecular weight excluding hydrogens is 342 g/mol. The van der Waals surface area contributed by atoms with Gasteiger partial charge in [-0.3, -0.25) is 0 Å². The van der Waals surface area contributed by atoms with E-state index in [1.165, 1.54) is 0 Å². The quantitative estimate of drug-likeness (QED) is 0.689. The van der Waals surface area contributed by atoms with Crippen LogP contribution in [0.3, 0.4) is 0 Å². The summed E-state index contributed by atoms with van der Waals surface area (Å²) in [7, 11) is 0. The lowest BCUT2D eigenvalue weighted by Crippen LogP contribution is -2.33. The second kappa shape index (κ2) is 7.77. The topological polar surface area (TPSA) is 84.9 Å². The van der Waals surface area contributed by atoms with Gasteiger partial charge in [0.1, 0.15) is 5.75 Å². The normalized spacial score (nSPS) is 11.7. The van der Waals surface area contributed by atoms with Crippen LogP contribution in [0.1, 0.15) is 38.3 Å². The number of hydrogen-bond acceptors (Lipinski definition) is 6. The predicted octanol–water partition coefficient (Wildman–Crippen LogP) is 2.74. The lowest BCUT2D eigenvalue weighted by atomic mass is 10.1. The number of aromatic hydroxyl groups is 1. The second-order valence-corrected chi connectivity index (χ2v) is 7.77. The van der Waals surface area contributed by atoms with E-state index in [4.69, 9.17) is 0 Å². The third kappa shape index (κ3) is 4.64. The van der Waals surface area contributed by atoms with E-state index in [9.17, 15) is 5.11 Å². The highest BCUT2D eigenvalue weighted by atomic mass is 16.3. The Balaban J connectivity index is 1.84. The number of aryl methyl sites for hydroxylation is 2. The van der Waals surface area contributed by atoms with Crippen molar-refractivity contribution in [3.63, 3.8) is 0 Å². The average Bonchev–Trinajstić information content (AvgIpc) is 3.28. The van der Waals surface area contributed by atoms with E-state index in [1.54, 1.807) is 12.3 Å². The van der Waals surface area contributed by atoms with Gasteiger partial charge in [0, 0.05) is 37.6 Å². The molecule has 8 nitrogen and oxygen atoms in total. The molecule has 0 amide bonds. The summed E-state index contributed by atoms with van der Waals surface area (Å²) in [6.45, 7) is 10.4. The molecule has 2 heterocycles. The maximum Gasteiger partial charge on any atom is 0.246 e. The van der Waals surface area contributed by atoms with Crippen LogP contribution >= 0.6 is 0 Å². The molecule has 144 valence electrons. The molecule has 0 bridgehead atoms. The number of phenolic OH excluding ortho intramolecular Hbond substituents is 1. The maximum atomic E-state index is 10.3. The largest absolute Gasteiger partial charge is 0.508 e. The molecule has 2 aromatic heterocycles. The molecule has 0 aliphatic heterocycles. The number of benzene rings is 1. The van der Waals surface area contributed by atoms with Gasteiger partial charge in [-0.1, -0.05) is 22.8 Å². The van der Waals surface area contributed by atoms with Crippen molar-refractivity contribution in [2.45, 2.75) is 52.7 Å².